The van der Waals surface area contributed by atoms with Gasteiger partial charge in [-0.2, -0.15) is 0 Å². The fourth-order valence-corrected chi connectivity index (χ4v) is 4.71. The highest BCUT2D eigenvalue weighted by Gasteiger charge is 2.22. The number of benzene rings is 2. The normalized spacial score (nSPS) is 11.3. The number of aryl methyl sites for hydroxylation is 1. The number of anilines is 1. The Hall–Kier alpha value is -1.47. The third-order valence-corrected chi connectivity index (χ3v) is 5.91. The Balaban J connectivity index is 1.98. The average Bonchev–Trinajstić information content (AvgIpc) is 3.02. The van der Waals surface area contributed by atoms with Crippen molar-refractivity contribution in [3.8, 4) is 0 Å². The van der Waals surface area contributed by atoms with Crippen LogP contribution < -0.4 is 4.90 Å². The second-order valence-electron chi connectivity index (χ2n) is 6.69. The molecule has 1 amide bonds. The van der Waals surface area contributed by atoms with E-state index < -0.39 is 0 Å². The molecule has 2 aromatic carbocycles. The van der Waals surface area contributed by atoms with Gasteiger partial charge in [-0.25, -0.2) is 4.98 Å². The Morgan fingerprint density at radius 1 is 1.22 bits per heavy atom. The van der Waals surface area contributed by atoms with E-state index >= 15 is 0 Å². The molecule has 1 aromatic heterocycles. The monoisotopic (exact) mass is 465 g/mol. The van der Waals surface area contributed by atoms with Crippen LogP contribution in [0.15, 0.2) is 40.9 Å². The molecule has 0 aliphatic carbocycles. The van der Waals surface area contributed by atoms with Gasteiger partial charge in [0.15, 0.2) is 5.13 Å². The minimum atomic E-state index is -0.0436. The molecule has 0 saturated heterocycles. The Morgan fingerprint density at radius 3 is 2.70 bits per heavy atom. The fourth-order valence-electron chi connectivity index (χ4n) is 2.86. The number of thiazole rings is 1. The maximum absolute atomic E-state index is 13.2. The van der Waals surface area contributed by atoms with Crippen LogP contribution in [0.25, 0.3) is 10.2 Å². The number of halogens is 2. The number of carbonyl (C=O) groups excluding carboxylic acids is 1. The molecule has 142 valence electrons. The first-order valence-corrected chi connectivity index (χ1v) is 10.6. The maximum atomic E-state index is 13.2. The van der Waals surface area contributed by atoms with Gasteiger partial charge in [0, 0.05) is 21.6 Å². The molecular formula is C20H21BrClN3OS. The summed E-state index contributed by atoms with van der Waals surface area (Å²) in [4.78, 5) is 21.9. The number of carbonyl (C=O) groups is 1. The average molecular weight is 467 g/mol. The number of hydrogen-bond donors (Lipinski definition) is 0. The molecule has 0 aliphatic rings. The zero-order valence-corrected chi connectivity index (χ0v) is 18.7. The minimum absolute atomic E-state index is 0.0436. The summed E-state index contributed by atoms with van der Waals surface area (Å²) < 4.78 is 1.88. The predicted molar refractivity (Wildman–Crippen MR) is 118 cm³/mol. The van der Waals surface area contributed by atoms with Crippen molar-refractivity contribution >= 4 is 60.1 Å². The summed E-state index contributed by atoms with van der Waals surface area (Å²) in [7, 11) is 4.06. The van der Waals surface area contributed by atoms with Crippen LogP contribution in [0.5, 0.6) is 0 Å². The molecule has 3 aromatic rings. The summed E-state index contributed by atoms with van der Waals surface area (Å²) in [6.45, 7) is 3.50. The van der Waals surface area contributed by atoms with Crippen LogP contribution >= 0.6 is 38.9 Å². The van der Waals surface area contributed by atoms with Crippen LogP contribution in [-0.2, 0) is 0 Å². The number of rotatable bonds is 6. The van der Waals surface area contributed by atoms with Gasteiger partial charge in [0.1, 0.15) is 0 Å². The minimum Gasteiger partial charge on any atom is -0.309 e. The lowest BCUT2D eigenvalue weighted by atomic mass is 10.2. The molecule has 7 heteroatoms. The van der Waals surface area contributed by atoms with E-state index in [0.29, 0.717) is 22.3 Å². The number of fused-ring (bicyclic) bond motifs is 1. The van der Waals surface area contributed by atoms with Crippen LogP contribution in [0.1, 0.15) is 22.3 Å². The molecular weight excluding hydrogens is 446 g/mol. The Bertz CT molecular complexity index is 973. The molecule has 0 unspecified atom stereocenters. The topological polar surface area (TPSA) is 36.4 Å². The molecule has 3 rings (SSSR count). The molecule has 0 aliphatic heterocycles. The summed E-state index contributed by atoms with van der Waals surface area (Å²) in [6, 6.07) is 11.3. The Labute approximate surface area is 176 Å². The molecule has 0 N–H and O–H groups in total. The van der Waals surface area contributed by atoms with Crippen molar-refractivity contribution in [1.29, 1.82) is 0 Å². The molecule has 1 heterocycles. The quantitative estimate of drug-likeness (QED) is 0.473. The summed E-state index contributed by atoms with van der Waals surface area (Å²) in [5, 5.41) is 1.40. The largest absolute Gasteiger partial charge is 0.309 e. The van der Waals surface area contributed by atoms with E-state index in [9.17, 15) is 4.79 Å². The number of amides is 1. The predicted octanol–water partition coefficient (Wildman–Crippen LogP) is 5.62. The standard InChI is InChI=1S/C20H21BrClN3OS/c1-13-10-16(22)12-17-18(13)23-20(27-17)25(9-5-8-24(2)3)19(26)14-6-4-7-15(21)11-14/h4,6-7,10-12H,5,8-9H2,1-3H3. The molecule has 0 saturated carbocycles. The van der Waals surface area contributed by atoms with E-state index in [4.69, 9.17) is 16.6 Å². The molecule has 0 radical (unpaired) electrons. The summed E-state index contributed by atoms with van der Waals surface area (Å²) >= 11 is 11.1. The van der Waals surface area contributed by atoms with Gasteiger partial charge < -0.3 is 4.90 Å². The Kier molecular flexibility index (Phi) is 6.52. The van der Waals surface area contributed by atoms with E-state index in [-0.39, 0.29) is 5.91 Å². The summed E-state index contributed by atoms with van der Waals surface area (Å²) in [5.41, 5.74) is 2.56. The number of aromatic nitrogens is 1. The molecule has 0 spiro atoms. The Morgan fingerprint density at radius 2 is 2.00 bits per heavy atom. The first-order valence-electron chi connectivity index (χ1n) is 8.64. The van der Waals surface area contributed by atoms with Crippen molar-refractivity contribution in [2.24, 2.45) is 0 Å². The molecule has 0 bridgehead atoms. The van der Waals surface area contributed by atoms with Gasteiger partial charge in [0.25, 0.3) is 5.91 Å². The van der Waals surface area contributed by atoms with Crippen LogP contribution in [-0.4, -0.2) is 43.0 Å². The highest BCUT2D eigenvalue weighted by molar-refractivity contribution is 9.10. The van der Waals surface area contributed by atoms with E-state index in [1.54, 1.807) is 4.90 Å². The maximum Gasteiger partial charge on any atom is 0.260 e. The van der Waals surface area contributed by atoms with E-state index in [1.807, 2.05) is 57.4 Å². The third kappa shape index (κ3) is 4.88. The van der Waals surface area contributed by atoms with Crippen molar-refractivity contribution < 1.29 is 4.79 Å². The van der Waals surface area contributed by atoms with Crippen LogP contribution in [0.2, 0.25) is 5.02 Å². The van der Waals surface area contributed by atoms with E-state index in [0.717, 1.165) is 33.2 Å². The van der Waals surface area contributed by atoms with Gasteiger partial charge in [0.05, 0.1) is 10.2 Å². The van der Waals surface area contributed by atoms with Gasteiger partial charge in [-0.15, -0.1) is 0 Å². The molecule has 0 fully saturated rings. The lowest BCUT2D eigenvalue weighted by molar-refractivity contribution is 0.0986. The van der Waals surface area contributed by atoms with Crippen LogP contribution in [0.3, 0.4) is 0 Å². The van der Waals surface area contributed by atoms with Crippen molar-refractivity contribution in [3.05, 3.63) is 57.0 Å². The van der Waals surface area contributed by atoms with E-state index in [1.165, 1.54) is 11.3 Å². The lowest BCUT2D eigenvalue weighted by Gasteiger charge is -2.21. The van der Waals surface area contributed by atoms with Crippen molar-refractivity contribution in [2.75, 3.05) is 32.1 Å². The highest BCUT2D eigenvalue weighted by Crippen LogP contribution is 2.33. The van der Waals surface area contributed by atoms with Gasteiger partial charge in [-0.1, -0.05) is 44.9 Å². The highest BCUT2D eigenvalue weighted by atomic mass is 79.9. The van der Waals surface area contributed by atoms with Crippen molar-refractivity contribution in [1.82, 2.24) is 9.88 Å². The van der Waals surface area contributed by atoms with Gasteiger partial charge in [-0.3, -0.25) is 9.69 Å². The summed E-state index contributed by atoms with van der Waals surface area (Å²) in [6.07, 6.45) is 0.863. The molecule has 4 nitrogen and oxygen atoms in total. The second-order valence-corrected chi connectivity index (χ2v) is 9.05. The number of hydrogen-bond acceptors (Lipinski definition) is 4. The summed E-state index contributed by atoms with van der Waals surface area (Å²) in [5.74, 6) is -0.0436. The van der Waals surface area contributed by atoms with Gasteiger partial charge >= 0.3 is 0 Å². The smallest absolute Gasteiger partial charge is 0.260 e. The lowest BCUT2D eigenvalue weighted by Crippen LogP contribution is -2.33. The fraction of sp³-hybridized carbons (Fsp3) is 0.300. The van der Waals surface area contributed by atoms with Crippen molar-refractivity contribution in [2.45, 2.75) is 13.3 Å². The van der Waals surface area contributed by atoms with Crippen LogP contribution in [0, 0.1) is 6.92 Å². The van der Waals surface area contributed by atoms with E-state index in [2.05, 4.69) is 20.8 Å². The zero-order valence-electron chi connectivity index (χ0n) is 15.5. The first-order chi connectivity index (χ1) is 12.8. The first kappa shape index (κ1) is 20.3. The second kappa shape index (κ2) is 8.69. The third-order valence-electron chi connectivity index (χ3n) is 4.17. The SMILES string of the molecule is Cc1cc(Cl)cc2sc(N(CCCN(C)C)C(=O)c3cccc(Br)c3)nc12. The number of nitrogens with zero attached hydrogens (tertiary/aromatic N) is 3. The van der Waals surface area contributed by atoms with Crippen LogP contribution in [0.4, 0.5) is 5.13 Å². The molecule has 27 heavy (non-hydrogen) atoms. The van der Waals surface area contributed by atoms with Gasteiger partial charge in [-0.05, 0) is 69.9 Å². The zero-order chi connectivity index (χ0) is 19.6. The van der Waals surface area contributed by atoms with Crippen molar-refractivity contribution in [3.63, 3.8) is 0 Å². The molecule has 0 atom stereocenters. The van der Waals surface area contributed by atoms with Gasteiger partial charge in [0.2, 0.25) is 0 Å².